The predicted molar refractivity (Wildman–Crippen MR) is 212 cm³/mol. The van der Waals surface area contributed by atoms with E-state index in [1.165, 1.54) is 32.2 Å². The third-order valence-corrected chi connectivity index (χ3v) is 12.0. The first-order valence-corrected chi connectivity index (χ1v) is 19.4. The van der Waals surface area contributed by atoms with Crippen molar-refractivity contribution in [1.82, 2.24) is 0 Å². The highest BCUT2D eigenvalue weighted by atomic mass is 32.2. The first-order chi connectivity index (χ1) is 24.4. The zero-order chi connectivity index (χ0) is 36.5. The van der Waals surface area contributed by atoms with Crippen molar-refractivity contribution in [1.29, 1.82) is 0 Å². The molecule has 0 radical (unpaired) electrons. The van der Waals surface area contributed by atoms with Gasteiger partial charge in [0.2, 0.25) is 5.52 Å². The molecule has 1 aromatic heterocycles. The van der Waals surface area contributed by atoms with Crippen molar-refractivity contribution in [2.45, 2.75) is 78.7 Å². The molecule has 0 spiro atoms. The number of thiazole rings is 1. The highest BCUT2D eigenvalue weighted by Gasteiger charge is 2.30. The number of hydrogen-bond acceptors (Lipinski definition) is 7. The summed E-state index contributed by atoms with van der Waals surface area (Å²) in [6.45, 7) is 15.3. The monoisotopic (exact) mass is 721 g/mol. The molecular formula is C43H49N2O4S2+. The summed E-state index contributed by atoms with van der Waals surface area (Å²) in [5.74, 6) is 1.50. The maximum Gasteiger partial charge on any atom is 0.263 e. The summed E-state index contributed by atoms with van der Waals surface area (Å²) in [5.41, 5.74) is 8.59. The summed E-state index contributed by atoms with van der Waals surface area (Å²) >= 11 is 3.46. The number of thioether (sulfide) groups is 1. The van der Waals surface area contributed by atoms with Crippen LogP contribution in [0.4, 0.5) is 5.69 Å². The van der Waals surface area contributed by atoms with Crippen molar-refractivity contribution in [3.63, 3.8) is 0 Å². The second-order valence-corrected chi connectivity index (χ2v) is 17.3. The molecule has 0 saturated carbocycles. The van der Waals surface area contributed by atoms with Crippen LogP contribution in [0.5, 0.6) is 11.5 Å². The predicted octanol–water partition coefficient (Wildman–Crippen LogP) is 10.7. The van der Waals surface area contributed by atoms with E-state index < -0.39 is 0 Å². The second-order valence-electron chi connectivity index (χ2n) is 15.2. The van der Waals surface area contributed by atoms with Crippen LogP contribution in [-0.4, -0.2) is 33.3 Å². The minimum Gasteiger partial charge on any atom is -0.493 e. The van der Waals surface area contributed by atoms with Crippen LogP contribution in [0.1, 0.15) is 92.9 Å². The highest BCUT2D eigenvalue weighted by molar-refractivity contribution is 8.03. The third kappa shape index (κ3) is 7.87. The first kappa shape index (κ1) is 36.6. The SMILES string of the molecule is CCN1C(=CC2=CC(=CC=CC3=CC(=Cc4sc5cc(C=O)c(C=O)cc5[n+]4CC)CC(C)(C)C3)CC(C)(C)C2)Sc2cc(OC)c(OC)cc21. The fraction of sp³-hybridized carbons (Fsp3) is 0.372. The Morgan fingerprint density at radius 1 is 0.824 bits per heavy atom. The van der Waals surface area contributed by atoms with Crippen LogP contribution in [0.15, 0.2) is 92.9 Å². The van der Waals surface area contributed by atoms with Gasteiger partial charge in [-0.25, -0.2) is 0 Å². The van der Waals surface area contributed by atoms with Crippen molar-refractivity contribution < 1.29 is 23.6 Å². The van der Waals surface area contributed by atoms with Gasteiger partial charge in [-0.3, -0.25) is 9.59 Å². The van der Waals surface area contributed by atoms with E-state index in [4.69, 9.17) is 9.47 Å². The molecule has 0 saturated heterocycles. The highest BCUT2D eigenvalue weighted by Crippen LogP contribution is 2.51. The number of ether oxygens (including phenoxy) is 2. The van der Waals surface area contributed by atoms with E-state index >= 15 is 0 Å². The Kier molecular flexibility index (Phi) is 10.7. The number of fused-ring (bicyclic) bond motifs is 2. The van der Waals surface area contributed by atoms with Crippen LogP contribution in [0, 0.1) is 10.8 Å². The van der Waals surface area contributed by atoms with Crippen molar-refractivity contribution in [2.75, 3.05) is 25.7 Å². The lowest BCUT2D eigenvalue weighted by Gasteiger charge is -2.31. The normalized spacial score (nSPS) is 20.6. The number of methoxy groups -OCH3 is 2. The van der Waals surface area contributed by atoms with Gasteiger partial charge >= 0.3 is 0 Å². The van der Waals surface area contributed by atoms with Gasteiger partial charge in [0, 0.05) is 46.8 Å². The minimum absolute atomic E-state index is 0.123. The van der Waals surface area contributed by atoms with Crippen LogP contribution < -0.4 is 18.9 Å². The van der Waals surface area contributed by atoms with Gasteiger partial charge < -0.3 is 14.4 Å². The van der Waals surface area contributed by atoms with Gasteiger partial charge in [-0.05, 0) is 84.8 Å². The van der Waals surface area contributed by atoms with Crippen molar-refractivity contribution in [3.05, 3.63) is 104 Å². The average molecular weight is 722 g/mol. The fourth-order valence-electron chi connectivity index (χ4n) is 7.71. The number of aldehydes is 2. The zero-order valence-corrected chi connectivity index (χ0v) is 32.7. The lowest BCUT2D eigenvalue weighted by molar-refractivity contribution is -0.665. The molecule has 0 amide bonds. The number of allylic oxidation sites excluding steroid dienone is 10. The number of carbonyl (C=O) groups excluding carboxylic acids is 2. The molecule has 266 valence electrons. The van der Waals surface area contributed by atoms with E-state index in [0.717, 1.165) is 83.8 Å². The molecule has 3 aromatic rings. The number of hydrogen-bond donors (Lipinski definition) is 0. The Balaban J connectivity index is 1.28. The number of nitrogens with zero attached hydrogens (tertiary/aromatic N) is 2. The van der Waals surface area contributed by atoms with Gasteiger partial charge in [0.25, 0.3) is 5.01 Å². The van der Waals surface area contributed by atoms with E-state index in [9.17, 15) is 9.59 Å². The summed E-state index contributed by atoms with van der Waals surface area (Å²) < 4.78 is 14.5. The van der Waals surface area contributed by atoms with Gasteiger partial charge in [0.05, 0.1) is 24.9 Å². The Hall–Kier alpha value is -4.14. The van der Waals surface area contributed by atoms with E-state index in [0.29, 0.717) is 11.1 Å². The molecule has 1 aliphatic heterocycles. The summed E-state index contributed by atoms with van der Waals surface area (Å²) in [7, 11) is 3.37. The third-order valence-electron chi connectivity index (χ3n) is 9.77. The number of benzene rings is 2. The molecule has 6 rings (SSSR count). The van der Waals surface area contributed by atoms with E-state index in [-0.39, 0.29) is 10.8 Å². The number of aryl methyl sites for hydroxylation is 1. The van der Waals surface area contributed by atoms with Crippen molar-refractivity contribution in [2.24, 2.45) is 10.8 Å². The standard InChI is InChI=1S/C43H49N2O4S2/c1-9-44-34-18-32(26-46)33(27-47)19-38(34)50-40(44)16-30-14-28(22-42(3,4)24-30)12-11-13-29-15-31(25-43(5,6)23-29)17-41-45(10-2)35-20-36(48-7)37(49-8)21-39(35)51-41/h11-21,26-27H,9-10,22-25H2,1-8H3/q+1. The molecule has 8 heteroatoms. The maximum absolute atomic E-state index is 11.7. The van der Waals surface area contributed by atoms with Crippen LogP contribution in [0.2, 0.25) is 0 Å². The van der Waals surface area contributed by atoms with Crippen LogP contribution >= 0.6 is 23.1 Å². The molecule has 3 aliphatic rings. The Morgan fingerprint density at radius 2 is 1.47 bits per heavy atom. The number of carbonyl (C=O) groups is 2. The molecule has 2 heterocycles. The lowest BCUT2D eigenvalue weighted by Crippen LogP contribution is -2.33. The minimum atomic E-state index is 0.123. The molecule has 6 nitrogen and oxygen atoms in total. The summed E-state index contributed by atoms with van der Waals surface area (Å²) in [6.07, 6.45) is 21.8. The summed E-state index contributed by atoms with van der Waals surface area (Å²) in [5, 5.41) is 2.36. The quantitative estimate of drug-likeness (QED) is 0.153. The zero-order valence-electron chi connectivity index (χ0n) is 31.1. The van der Waals surface area contributed by atoms with Crippen LogP contribution in [0.25, 0.3) is 16.3 Å². The average Bonchev–Trinajstić information content (AvgIpc) is 3.60. The Labute approximate surface area is 310 Å². The van der Waals surface area contributed by atoms with Gasteiger partial charge in [-0.2, -0.15) is 4.57 Å². The number of aromatic nitrogens is 1. The molecule has 0 N–H and O–H groups in total. The van der Waals surface area contributed by atoms with E-state index in [1.807, 2.05) is 12.1 Å². The Bertz CT molecular complexity index is 2070. The Morgan fingerprint density at radius 3 is 2.14 bits per heavy atom. The molecule has 0 atom stereocenters. The summed E-state index contributed by atoms with van der Waals surface area (Å²) in [4.78, 5) is 26.8. The first-order valence-electron chi connectivity index (χ1n) is 17.7. The van der Waals surface area contributed by atoms with E-state index in [2.05, 4.69) is 106 Å². The molecular weight excluding hydrogens is 673 g/mol. The van der Waals surface area contributed by atoms with Crippen molar-refractivity contribution >= 4 is 57.7 Å². The largest absolute Gasteiger partial charge is 0.493 e. The van der Waals surface area contributed by atoms with Crippen LogP contribution in [-0.2, 0) is 6.54 Å². The number of rotatable bonds is 10. The van der Waals surface area contributed by atoms with Gasteiger partial charge in [0.15, 0.2) is 24.1 Å². The van der Waals surface area contributed by atoms with E-state index in [1.54, 1.807) is 37.3 Å². The molecule has 0 bridgehead atoms. The molecule has 0 fully saturated rings. The van der Waals surface area contributed by atoms with Crippen molar-refractivity contribution in [3.8, 4) is 11.5 Å². The number of anilines is 1. The maximum atomic E-state index is 11.7. The van der Waals surface area contributed by atoms with Gasteiger partial charge in [-0.1, -0.05) is 81.2 Å². The summed E-state index contributed by atoms with van der Waals surface area (Å²) in [6, 6.07) is 7.86. The van der Waals surface area contributed by atoms with Gasteiger partial charge in [0.1, 0.15) is 11.2 Å². The second kappa shape index (κ2) is 14.8. The van der Waals surface area contributed by atoms with Gasteiger partial charge in [-0.15, -0.1) is 0 Å². The smallest absolute Gasteiger partial charge is 0.263 e. The topological polar surface area (TPSA) is 59.7 Å². The molecule has 2 aromatic carbocycles. The molecule has 2 aliphatic carbocycles. The lowest BCUT2D eigenvalue weighted by atomic mass is 9.74. The van der Waals surface area contributed by atoms with Crippen LogP contribution in [0.3, 0.4) is 0 Å². The molecule has 51 heavy (non-hydrogen) atoms. The fourth-order valence-corrected chi connectivity index (χ4v) is 10.2. The molecule has 0 unspecified atom stereocenters.